The van der Waals surface area contributed by atoms with Crippen molar-refractivity contribution in [1.82, 2.24) is 10.6 Å². The third-order valence-corrected chi connectivity index (χ3v) is 1.61. The Labute approximate surface area is 87.1 Å². The van der Waals surface area contributed by atoms with Gasteiger partial charge in [-0.05, 0) is 0 Å². The van der Waals surface area contributed by atoms with Crippen LogP contribution in [0, 0.1) is 0 Å². The third-order valence-electron chi connectivity index (χ3n) is 1.61. The molecule has 0 aromatic rings. The minimum absolute atomic E-state index is 0.00796. The summed E-state index contributed by atoms with van der Waals surface area (Å²) in [5, 5.41) is 30.9. The largest absolute Gasteiger partial charge is 0.480 e. The fourth-order valence-electron chi connectivity index (χ4n) is 0.904. The van der Waals surface area contributed by atoms with Crippen LogP contribution in [0.2, 0.25) is 0 Å². The van der Waals surface area contributed by atoms with E-state index in [9.17, 15) is 9.59 Å². The van der Waals surface area contributed by atoms with Crippen LogP contribution in [0.5, 0.6) is 0 Å². The van der Waals surface area contributed by atoms with Crippen molar-refractivity contribution in [3.05, 3.63) is 0 Å². The second-order valence-electron chi connectivity index (χ2n) is 3.09. The fourth-order valence-corrected chi connectivity index (χ4v) is 0.904. The minimum Gasteiger partial charge on any atom is -0.480 e. The molecule has 0 rings (SSSR count). The van der Waals surface area contributed by atoms with Gasteiger partial charge in [0.2, 0.25) is 5.91 Å². The molecule has 0 aliphatic heterocycles. The zero-order valence-corrected chi connectivity index (χ0v) is 8.43. The Morgan fingerprint density at radius 3 is 2.33 bits per heavy atom. The number of carboxylic acid groups (broad SMARTS) is 1. The number of carbonyl (C=O) groups is 2. The number of carboxylic acids is 1. The van der Waals surface area contributed by atoms with Crippen LogP contribution in [-0.4, -0.2) is 59.0 Å². The lowest BCUT2D eigenvalue weighted by molar-refractivity contribution is -0.141. The van der Waals surface area contributed by atoms with Crippen molar-refractivity contribution in [2.75, 3.05) is 19.7 Å². The Hall–Kier alpha value is -1.18. The summed E-state index contributed by atoms with van der Waals surface area (Å²) in [6.45, 7) is 0.884. The highest BCUT2D eigenvalue weighted by molar-refractivity contribution is 5.82. The standard InChI is InChI=1S/C8H16N2O5/c1-5(12)10-7(8(14)15)3-9-2-6(13)4-11/h6-7,9,11,13H,2-4H2,1H3,(H,10,12)(H,14,15). The Morgan fingerprint density at radius 2 is 1.93 bits per heavy atom. The van der Waals surface area contributed by atoms with Gasteiger partial charge in [-0.1, -0.05) is 0 Å². The van der Waals surface area contributed by atoms with E-state index < -0.39 is 30.6 Å². The molecular formula is C8H16N2O5. The van der Waals surface area contributed by atoms with Gasteiger partial charge < -0.3 is 26.0 Å². The Morgan fingerprint density at radius 1 is 1.33 bits per heavy atom. The van der Waals surface area contributed by atoms with Crippen molar-refractivity contribution < 1.29 is 24.9 Å². The second kappa shape index (κ2) is 7.16. The summed E-state index contributed by atoms with van der Waals surface area (Å²) in [7, 11) is 0. The molecular weight excluding hydrogens is 204 g/mol. The number of aliphatic carboxylic acids is 1. The van der Waals surface area contributed by atoms with Crippen molar-refractivity contribution in [1.29, 1.82) is 0 Å². The smallest absolute Gasteiger partial charge is 0.327 e. The van der Waals surface area contributed by atoms with E-state index in [1.807, 2.05) is 0 Å². The van der Waals surface area contributed by atoms with Crippen molar-refractivity contribution in [2.24, 2.45) is 0 Å². The molecule has 0 saturated heterocycles. The number of nitrogens with one attached hydrogen (secondary N) is 2. The van der Waals surface area contributed by atoms with Gasteiger partial charge in [0.15, 0.2) is 0 Å². The van der Waals surface area contributed by atoms with Gasteiger partial charge in [0.1, 0.15) is 6.04 Å². The maximum Gasteiger partial charge on any atom is 0.327 e. The predicted molar refractivity (Wildman–Crippen MR) is 51.2 cm³/mol. The van der Waals surface area contributed by atoms with E-state index in [0.717, 1.165) is 0 Å². The molecule has 5 N–H and O–H groups in total. The number of hydrogen-bond donors (Lipinski definition) is 5. The third kappa shape index (κ3) is 6.83. The summed E-state index contributed by atoms with van der Waals surface area (Å²) in [5.41, 5.74) is 0. The lowest BCUT2D eigenvalue weighted by Crippen LogP contribution is -2.47. The number of carbonyl (C=O) groups excluding carboxylic acids is 1. The van der Waals surface area contributed by atoms with Gasteiger partial charge in [-0.25, -0.2) is 4.79 Å². The summed E-state index contributed by atoms with van der Waals surface area (Å²) in [4.78, 5) is 21.2. The summed E-state index contributed by atoms with van der Waals surface area (Å²) in [6.07, 6.45) is -0.934. The highest BCUT2D eigenvalue weighted by Gasteiger charge is 2.17. The first kappa shape index (κ1) is 13.8. The van der Waals surface area contributed by atoms with E-state index in [2.05, 4.69) is 10.6 Å². The topological polar surface area (TPSA) is 119 Å². The predicted octanol–water partition coefficient (Wildman–Crippen LogP) is -2.48. The molecule has 2 unspecified atom stereocenters. The van der Waals surface area contributed by atoms with Crippen LogP contribution in [0.15, 0.2) is 0 Å². The number of rotatable bonds is 7. The molecule has 7 nitrogen and oxygen atoms in total. The number of hydrogen-bond acceptors (Lipinski definition) is 5. The van der Waals surface area contributed by atoms with E-state index in [4.69, 9.17) is 15.3 Å². The first-order valence-electron chi connectivity index (χ1n) is 4.47. The summed E-state index contributed by atoms with van der Waals surface area (Å²) >= 11 is 0. The van der Waals surface area contributed by atoms with Crippen LogP contribution in [-0.2, 0) is 9.59 Å². The van der Waals surface area contributed by atoms with Gasteiger partial charge in [-0.3, -0.25) is 4.79 Å². The van der Waals surface area contributed by atoms with Gasteiger partial charge in [-0.15, -0.1) is 0 Å². The van der Waals surface area contributed by atoms with Gasteiger partial charge in [-0.2, -0.15) is 0 Å². The van der Waals surface area contributed by atoms with Gasteiger partial charge in [0.25, 0.3) is 0 Å². The van der Waals surface area contributed by atoms with Crippen LogP contribution in [0.3, 0.4) is 0 Å². The van der Waals surface area contributed by atoms with Gasteiger partial charge in [0.05, 0.1) is 12.7 Å². The van der Waals surface area contributed by atoms with Gasteiger partial charge >= 0.3 is 5.97 Å². The zero-order valence-electron chi connectivity index (χ0n) is 8.43. The molecule has 0 aliphatic carbocycles. The molecule has 88 valence electrons. The average molecular weight is 220 g/mol. The molecule has 7 heteroatoms. The van der Waals surface area contributed by atoms with Crippen LogP contribution in [0.4, 0.5) is 0 Å². The minimum atomic E-state index is -1.16. The number of aliphatic hydroxyl groups is 2. The quantitative estimate of drug-likeness (QED) is 0.324. The molecule has 0 fully saturated rings. The van der Waals surface area contributed by atoms with Crippen molar-refractivity contribution >= 4 is 11.9 Å². The molecule has 0 aliphatic rings. The Balaban J connectivity index is 3.86. The maximum atomic E-state index is 10.6. The van der Waals surface area contributed by atoms with E-state index >= 15 is 0 Å². The maximum absolute atomic E-state index is 10.6. The molecule has 0 spiro atoms. The highest BCUT2D eigenvalue weighted by Crippen LogP contribution is 1.84. The second-order valence-corrected chi connectivity index (χ2v) is 3.09. The van der Waals surface area contributed by atoms with Crippen molar-refractivity contribution in [3.63, 3.8) is 0 Å². The zero-order chi connectivity index (χ0) is 11.8. The number of amides is 1. The van der Waals surface area contributed by atoms with E-state index in [0.29, 0.717) is 0 Å². The molecule has 0 aromatic carbocycles. The van der Waals surface area contributed by atoms with Crippen LogP contribution in [0.25, 0.3) is 0 Å². The number of aliphatic hydroxyl groups excluding tert-OH is 2. The van der Waals surface area contributed by atoms with Crippen molar-refractivity contribution in [3.8, 4) is 0 Å². The highest BCUT2D eigenvalue weighted by atomic mass is 16.4. The molecule has 2 atom stereocenters. The van der Waals surface area contributed by atoms with E-state index in [-0.39, 0.29) is 13.1 Å². The van der Waals surface area contributed by atoms with Crippen LogP contribution in [0.1, 0.15) is 6.92 Å². The summed E-state index contributed by atoms with van der Waals surface area (Å²) < 4.78 is 0. The Kier molecular flexibility index (Phi) is 6.59. The molecule has 0 radical (unpaired) electrons. The van der Waals surface area contributed by atoms with Crippen molar-refractivity contribution in [2.45, 2.75) is 19.1 Å². The monoisotopic (exact) mass is 220 g/mol. The molecule has 0 saturated carbocycles. The first-order chi connectivity index (χ1) is 6.97. The van der Waals surface area contributed by atoms with Crippen LogP contribution >= 0.6 is 0 Å². The SMILES string of the molecule is CC(=O)NC(CNCC(O)CO)C(=O)O. The molecule has 15 heavy (non-hydrogen) atoms. The average Bonchev–Trinajstić information content (AvgIpc) is 2.15. The summed E-state index contributed by atoms with van der Waals surface area (Å²) in [6, 6.07) is -1.03. The van der Waals surface area contributed by atoms with Gasteiger partial charge in [0, 0.05) is 20.0 Å². The van der Waals surface area contributed by atoms with E-state index in [1.165, 1.54) is 6.92 Å². The normalized spacial score (nSPS) is 14.3. The molecule has 0 heterocycles. The fraction of sp³-hybridized carbons (Fsp3) is 0.750. The first-order valence-corrected chi connectivity index (χ1v) is 4.47. The van der Waals surface area contributed by atoms with E-state index in [1.54, 1.807) is 0 Å². The lowest BCUT2D eigenvalue weighted by atomic mass is 10.2. The Bertz CT molecular complexity index is 221. The molecule has 1 amide bonds. The molecule has 0 bridgehead atoms. The molecule has 0 aromatic heterocycles. The lowest BCUT2D eigenvalue weighted by Gasteiger charge is -2.15. The summed E-state index contributed by atoms with van der Waals surface area (Å²) in [5.74, 6) is -1.59. The van der Waals surface area contributed by atoms with Crippen LogP contribution < -0.4 is 10.6 Å².